The van der Waals surface area contributed by atoms with Crippen molar-refractivity contribution in [1.82, 2.24) is 4.90 Å². The maximum Gasteiger partial charge on any atom is 0.324 e. The molecule has 1 aliphatic carbocycles. The molecule has 1 aliphatic heterocycles. The average Bonchev–Trinajstić information content (AvgIpc) is 3.07. The summed E-state index contributed by atoms with van der Waals surface area (Å²) in [7, 11) is 1.43. The molecule has 0 spiro atoms. The van der Waals surface area contributed by atoms with Crippen LogP contribution in [0.2, 0.25) is 0 Å². The van der Waals surface area contributed by atoms with E-state index >= 15 is 0 Å². The second-order valence-corrected chi connectivity index (χ2v) is 6.79. The molecule has 1 saturated heterocycles. The molecule has 2 fully saturated rings. The number of methoxy groups -OCH3 is 1. The van der Waals surface area contributed by atoms with Gasteiger partial charge in [0, 0.05) is 31.4 Å². The molecule has 2 N–H and O–H groups in total. The van der Waals surface area contributed by atoms with E-state index in [9.17, 15) is 9.59 Å². The second-order valence-electron chi connectivity index (χ2n) is 6.79. The van der Waals surface area contributed by atoms with Gasteiger partial charge in [-0.3, -0.25) is 9.69 Å². The van der Waals surface area contributed by atoms with Crippen LogP contribution in [-0.2, 0) is 9.53 Å². The van der Waals surface area contributed by atoms with E-state index in [-0.39, 0.29) is 24.0 Å². The zero-order valence-electron chi connectivity index (χ0n) is 15.2. The molecule has 142 valence electrons. The van der Waals surface area contributed by atoms with E-state index in [2.05, 4.69) is 0 Å². The van der Waals surface area contributed by atoms with Crippen molar-refractivity contribution in [2.45, 2.75) is 31.7 Å². The summed E-state index contributed by atoms with van der Waals surface area (Å²) < 4.78 is 10.3. The molecule has 0 aromatic heterocycles. The van der Waals surface area contributed by atoms with E-state index < -0.39 is 0 Å². The van der Waals surface area contributed by atoms with Gasteiger partial charge in [0.15, 0.2) is 0 Å². The van der Waals surface area contributed by atoms with E-state index in [1.54, 1.807) is 4.90 Å². The highest BCUT2D eigenvalue weighted by atomic mass is 16.5. The Labute approximate surface area is 154 Å². The topological polar surface area (TPSA) is 85.1 Å². The zero-order chi connectivity index (χ0) is 18.5. The van der Waals surface area contributed by atoms with Gasteiger partial charge in [0.05, 0.1) is 13.0 Å². The van der Waals surface area contributed by atoms with Crippen LogP contribution in [-0.4, -0.2) is 56.3 Å². The molecule has 3 rings (SSSR count). The summed E-state index contributed by atoms with van der Waals surface area (Å²) in [5.41, 5.74) is 6.31. The first kappa shape index (κ1) is 18.5. The third-order valence-corrected chi connectivity index (χ3v) is 5.25. The standard InChI is InChI=1S/C19H27N3O4/c1-25-18(23)14-2-4-15(5-3-14)21-11-12-22(19(21)24)16-6-8-17(9-7-16)26-13-10-20/h6-9,14-15H,2-5,10-13,20H2,1H3. The number of benzene rings is 1. The summed E-state index contributed by atoms with van der Waals surface area (Å²) in [4.78, 5) is 28.3. The second kappa shape index (κ2) is 8.40. The molecule has 1 saturated carbocycles. The molecule has 26 heavy (non-hydrogen) atoms. The van der Waals surface area contributed by atoms with Gasteiger partial charge in [0.1, 0.15) is 12.4 Å². The number of amides is 2. The number of carbonyl (C=O) groups excluding carboxylic acids is 2. The normalized spacial score (nSPS) is 23.2. The first-order valence-corrected chi connectivity index (χ1v) is 9.23. The maximum absolute atomic E-state index is 12.8. The van der Waals surface area contributed by atoms with Crippen LogP contribution in [0.15, 0.2) is 24.3 Å². The van der Waals surface area contributed by atoms with Gasteiger partial charge in [-0.2, -0.15) is 0 Å². The fourth-order valence-corrected chi connectivity index (χ4v) is 3.82. The van der Waals surface area contributed by atoms with E-state index in [1.807, 2.05) is 29.2 Å². The predicted molar refractivity (Wildman–Crippen MR) is 98.2 cm³/mol. The minimum atomic E-state index is -0.130. The summed E-state index contributed by atoms with van der Waals surface area (Å²) in [6.45, 7) is 2.35. The van der Waals surface area contributed by atoms with Crippen LogP contribution in [0.5, 0.6) is 5.75 Å². The summed E-state index contributed by atoms with van der Waals surface area (Å²) >= 11 is 0. The van der Waals surface area contributed by atoms with Crippen LogP contribution in [0, 0.1) is 5.92 Å². The quantitative estimate of drug-likeness (QED) is 0.784. The van der Waals surface area contributed by atoms with Crippen LogP contribution < -0.4 is 15.4 Å². The van der Waals surface area contributed by atoms with Gasteiger partial charge in [-0.1, -0.05) is 0 Å². The molecule has 2 aliphatic rings. The van der Waals surface area contributed by atoms with Crippen molar-refractivity contribution in [1.29, 1.82) is 0 Å². The minimum absolute atomic E-state index is 0.0221. The Morgan fingerprint density at radius 1 is 1.15 bits per heavy atom. The van der Waals surface area contributed by atoms with E-state index in [0.717, 1.165) is 43.7 Å². The molecule has 0 atom stereocenters. The Hall–Kier alpha value is -2.28. The Bertz CT molecular complexity index is 626. The molecule has 0 bridgehead atoms. The van der Waals surface area contributed by atoms with E-state index in [4.69, 9.17) is 15.2 Å². The Balaban J connectivity index is 1.57. The number of esters is 1. The third-order valence-electron chi connectivity index (χ3n) is 5.25. The molecule has 1 aromatic rings. The van der Waals surface area contributed by atoms with Gasteiger partial charge < -0.3 is 20.1 Å². The Kier molecular flexibility index (Phi) is 5.98. The van der Waals surface area contributed by atoms with E-state index in [1.165, 1.54) is 7.11 Å². The van der Waals surface area contributed by atoms with Crippen LogP contribution in [0.4, 0.5) is 10.5 Å². The molecule has 1 heterocycles. The molecule has 7 nitrogen and oxygen atoms in total. The summed E-state index contributed by atoms with van der Waals surface area (Å²) in [6.07, 6.45) is 3.28. The number of hydrogen-bond acceptors (Lipinski definition) is 5. The molecule has 1 aromatic carbocycles. The number of urea groups is 1. The Morgan fingerprint density at radius 2 is 1.85 bits per heavy atom. The van der Waals surface area contributed by atoms with Crippen LogP contribution in [0.25, 0.3) is 0 Å². The fraction of sp³-hybridized carbons (Fsp3) is 0.579. The number of carbonyl (C=O) groups is 2. The SMILES string of the molecule is COC(=O)C1CCC(N2CCN(c3ccc(OCCN)cc3)C2=O)CC1. The van der Waals surface area contributed by atoms with Crippen LogP contribution in [0.3, 0.4) is 0 Å². The molecular formula is C19H27N3O4. The fourth-order valence-electron chi connectivity index (χ4n) is 3.82. The minimum Gasteiger partial charge on any atom is -0.492 e. The first-order chi connectivity index (χ1) is 12.6. The van der Waals surface area contributed by atoms with Gasteiger partial charge >= 0.3 is 12.0 Å². The van der Waals surface area contributed by atoms with Gasteiger partial charge in [-0.25, -0.2) is 4.79 Å². The van der Waals surface area contributed by atoms with Crippen molar-refractivity contribution in [3.63, 3.8) is 0 Å². The highest BCUT2D eigenvalue weighted by Crippen LogP contribution is 2.32. The number of nitrogens with zero attached hydrogens (tertiary/aromatic N) is 2. The smallest absolute Gasteiger partial charge is 0.324 e. The molecule has 0 radical (unpaired) electrons. The van der Waals surface area contributed by atoms with Crippen molar-refractivity contribution in [2.75, 3.05) is 38.3 Å². The van der Waals surface area contributed by atoms with Gasteiger partial charge in [0.2, 0.25) is 0 Å². The van der Waals surface area contributed by atoms with Crippen LogP contribution >= 0.6 is 0 Å². The van der Waals surface area contributed by atoms with Crippen LogP contribution in [0.1, 0.15) is 25.7 Å². The lowest BCUT2D eigenvalue weighted by Crippen LogP contribution is -2.42. The van der Waals surface area contributed by atoms with Crippen molar-refractivity contribution in [3.05, 3.63) is 24.3 Å². The van der Waals surface area contributed by atoms with Crippen molar-refractivity contribution >= 4 is 17.7 Å². The highest BCUT2D eigenvalue weighted by molar-refractivity contribution is 5.94. The number of hydrogen-bond donors (Lipinski definition) is 1. The lowest BCUT2D eigenvalue weighted by Gasteiger charge is -2.33. The van der Waals surface area contributed by atoms with Gasteiger partial charge in [-0.15, -0.1) is 0 Å². The van der Waals surface area contributed by atoms with Gasteiger partial charge in [0.25, 0.3) is 0 Å². The molecule has 0 unspecified atom stereocenters. The van der Waals surface area contributed by atoms with Crippen molar-refractivity contribution < 1.29 is 19.1 Å². The zero-order valence-corrected chi connectivity index (χ0v) is 15.2. The summed E-state index contributed by atoms with van der Waals surface area (Å²) in [5, 5.41) is 0. The molecule has 7 heteroatoms. The van der Waals surface area contributed by atoms with Gasteiger partial charge in [-0.05, 0) is 49.9 Å². The summed E-state index contributed by atoms with van der Waals surface area (Å²) in [5.74, 6) is 0.602. The third kappa shape index (κ3) is 3.93. The average molecular weight is 361 g/mol. The number of anilines is 1. The highest BCUT2D eigenvalue weighted by Gasteiger charge is 2.37. The molecular weight excluding hydrogens is 334 g/mol. The number of rotatable bonds is 6. The maximum atomic E-state index is 12.8. The molecule has 2 amide bonds. The number of nitrogens with two attached hydrogens (primary N) is 1. The first-order valence-electron chi connectivity index (χ1n) is 9.23. The lowest BCUT2D eigenvalue weighted by atomic mass is 9.85. The number of ether oxygens (including phenoxy) is 2. The van der Waals surface area contributed by atoms with E-state index in [0.29, 0.717) is 19.7 Å². The predicted octanol–water partition coefficient (Wildman–Crippen LogP) is 2.00. The summed E-state index contributed by atoms with van der Waals surface area (Å²) in [6, 6.07) is 7.79. The van der Waals surface area contributed by atoms with Crippen molar-refractivity contribution in [3.8, 4) is 5.75 Å². The monoisotopic (exact) mass is 361 g/mol. The van der Waals surface area contributed by atoms with Crippen molar-refractivity contribution in [2.24, 2.45) is 11.7 Å². The largest absolute Gasteiger partial charge is 0.492 e. The Morgan fingerprint density at radius 3 is 2.46 bits per heavy atom. The lowest BCUT2D eigenvalue weighted by molar-refractivity contribution is -0.146.